The number of aryl methyl sites for hydroxylation is 1. The van der Waals surface area contributed by atoms with E-state index in [2.05, 4.69) is 73.5 Å². The summed E-state index contributed by atoms with van der Waals surface area (Å²) in [6.07, 6.45) is 2.44. The van der Waals surface area contributed by atoms with Crippen molar-refractivity contribution in [2.45, 2.75) is 52.1 Å². The van der Waals surface area contributed by atoms with Crippen LogP contribution in [0.3, 0.4) is 0 Å². The van der Waals surface area contributed by atoms with E-state index in [-0.39, 0.29) is 0 Å². The molecule has 1 aliphatic rings. The first kappa shape index (κ1) is 17.8. The van der Waals surface area contributed by atoms with Gasteiger partial charge in [-0.2, -0.15) is 0 Å². The van der Waals surface area contributed by atoms with Crippen LogP contribution in [0.4, 0.5) is 11.4 Å². The molecule has 0 bridgehead atoms. The van der Waals surface area contributed by atoms with Crippen LogP contribution in [0.1, 0.15) is 49.3 Å². The lowest BCUT2D eigenvalue weighted by molar-refractivity contribution is 0.204. The van der Waals surface area contributed by atoms with Gasteiger partial charge in [-0.3, -0.25) is 4.90 Å². The third-order valence-corrected chi connectivity index (χ3v) is 5.16. The van der Waals surface area contributed by atoms with Gasteiger partial charge in [-0.15, -0.1) is 0 Å². The Morgan fingerprint density at radius 2 is 1.80 bits per heavy atom. The van der Waals surface area contributed by atoms with E-state index < -0.39 is 0 Å². The molecule has 1 aliphatic heterocycles. The Morgan fingerprint density at radius 3 is 2.44 bits per heavy atom. The number of benzene rings is 2. The summed E-state index contributed by atoms with van der Waals surface area (Å²) in [5, 5.41) is 3.49. The Bertz CT molecular complexity index is 686. The van der Waals surface area contributed by atoms with E-state index in [1.807, 2.05) is 0 Å². The van der Waals surface area contributed by atoms with Crippen molar-refractivity contribution in [2.24, 2.45) is 0 Å². The van der Waals surface area contributed by atoms with Crippen molar-refractivity contribution in [1.82, 2.24) is 4.90 Å². The fraction of sp³-hybridized carbons (Fsp3) is 0.455. The second-order valence-corrected chi connectivity index (χ2v) is 7.63. The molecule has 25 heavy (non-hydrogen) atoms. The quantitative estimate of drug-likeness (QED) is 0.772. The predicted molar refractivity (Wildman–Crippen MR) is 108 cm³/mol. The molecule has 0 amide bonds. The second-order valence-electron chi connectivity index (χ2n) is 7.63. The maximum atomic E-state index is 6.21. The van der Waals surface area contributed by atoms with E-state index in [0.29, 0.717) is 12.0 Å². The summed E-state index contributed by atoms with van der Waals surface area (Å²) in [5.74, 6) is 0.639. The fourth-order valence-electron chi connectivity index (χ4n) is 3.87. The number of rotatable bonds is 5. The summed E-state index contributed by atoms with van der Waals surface area (Å²) in [5.41, 5.74) is 12.4. The number of hydrogen-bond donors (Lipinski definition) is 2. The first-order chi connectivity index (χ1) is 12.0. The molecule has 1 saturated heterocycles. The number of nitrogens with one attached hydrogen (secondary N) is 1. The van der Waals surface area contributed by atoms with Crippen LogP contribution in [-0.4, -0.2) is 24.0 Å². The Kier molecular flexibility index (Phi) is 5.64. The van der Waals surface area contributed by atoms with Crippen LogP contribution >= 0.6 is 0 Å². The van der Waals surface area contributed by atoms with E-state index in [1.54, 1.807) is 0 Å². The fourth-order valence-corrected chi connectivity index (χ4v) is 3.87. The van der Waals surface area contributed by atoms with Crippen molar-refractivity contribution in [1.29, 1.82) is 0 Å². The van der Waals surface area contributed by atoms with Gasteiger partial charge in [0.2, 0.25) is 0 Å². The van der Waals surface area contributed by atoms with E-state index in [0.717, 1.165) is 31.0 Å². The minimum absolute atomic E-state index is 0.394. The Morgan fingerprint density at radius 1 is 1.12 bits per heavy atom. The lowest BCUT2D eigenvalue weighted by atomic mass is 9.86. The minimum Gasteiger partial charge on any atom is -0.397 e. The number of nitrogens with zero attached hydrogens (tertiary/aromatic N) is 1. The predicted octanol–water partition coefficient (Wildman–Crippen LogP) is 4.78. The Balaban J connectivity index is 1.66. The third-order valence-electron chi connectivity index (χ3n) is 5.16. The van der Waals surface area contributed by atoms with Crippen molar-refractivity contribution in [3.63, 3.8) is 0 Å². The van der Waals surface area contributed by atoms with Gasteiger partial charge < -0.3 is 11.1 Å². The highest BCUT2D eigenvalue weighted by Crippen LogP contribution is 2.35. The average molecular weight is 338 g/mol. The van der Waals surface area contributed by atoms with E-state index in [9.17, 15) is 0 Å². The summed E-state index contributed by atoms with van der Waals surface area (Å²) in [7, 11) is 0. The molecule has 1 fully saturated rings. The van der Waals surface area contributed by atoms with E-state index in [1.165, 1.54) is 29.5 Å². The molecule has 3 heteroatoms. The third kappa shape index (κ3) is 4.55. The molecule has 3 nitrogen and oxygen atoms in total. The topological polar surface area (TPSA) is 41.3 Å². The monoisotopic (exact) mass is 337 g/mol. The average Bonchev–Trinajstić information content (AvgIpc) is 2.59. The van der Waals surface area contributed by atoms with Crippen molar-refractivity contribution in [3.05, 3.63) is 59.2 Å². The van der Waals surface area contributed by atoms with Crippen LogP contribution in [0, 0.1) is 6.92 Å². The van der Waals surface area contributed by atoms with Crippen molar-refractivity contribution in [2.75, 3.05) is 24.1 Å². The zero-order valence-corrected chi connectivity index (χ0v) is 15.8. The number of likely N-dealkylation sites (tertiary alicyclic amines) is 1. The van der Waals surface area contributed by atoms with Crippen molar-refractivity contribution >= 4 is 11.4 Å². The van der Waals surface area contributed by atoms with Gasteiger partial charge in [0, 0.05) is 12.6 Å². The van der Waals surface area contributed by atoms with Crippen molar-refractivity contribution < 1.29 is 0 Å². The molecule has 2 aromatic carbocycles. The molecule has 134 valence electrons. The molecule has 0 radical (unpaired) electrons. The molecule has 0 aliphatic carbocycles. The van der Waals surface area contributed by atoms with E-state index in [4.69, 9.17) is 5.73 Å². The molecule has 0 aromatic heterocycles. The van der Waals surface area contributed by atoms with Gasteiger partial charge >= 0.3 is 0 Å². The second kappa shape index (κ2) is 7.92. The summed E-state index contributed by atoms with van der Waals surface area (Å²) >= 11 is 0. The van der Waals surface area contributed by atoms with Gasteiger partial charge in [-0.25, -0.2) is 0 Å². The van der Waals surface area contributed by atoms with Gasteiger partial charge in [-0.1, -0.05) is 30.3 Å². The lowest BCUT2D eigenvalue weighted by Gasteiger charge is -2.33. The molecule has 3 N–H and O–H groups in total. The first-order valence-corrected chi connectivity index (χ1v) is 9.45. The number of anilines is 2. The SMILES string of the molecule is Cc1cc(N)c(NC(C)C)cc1C1CCN(Cc2ccccc2)CC1. The highest BCUT2D eigenvalue weighted by Gasteiger charge is 2.22. The Labute approximate surface area is 152 Å². The highest BCUT2D eigenvalue weighted by atomic mass is 15.1. The molecule has 0 saturated carbocycles. The zero-order chi connectivity index (χ0) is 17.8. The Hall–Kier alpha value is -2.00. The summed E-state index contributed by atoms with van der Waals surface area (Å²) in [6.45, 7) is 9.89. The van der Waals surface area contributed by atoms with Crippen LogP contribution in [0.2, 0.25) is 0 Å². The number of nitrogens with two attached hydrogens (primary N) is 1. The molecule has 3 rings (SSSR count). The first-order valence-electron chi connectivity index (χ1n) is 9.45. The van der Waals surface area contributed by atoms with Crippen LogP contribution in [-0.2, 0) is 6.54 Å². The summed E-state index contributed by atoms with van der Waals surface area (Å²) in [6, 6.07) is 15.6. The molecular formula is C22H31N3. The van der Waals surface area contributed by atoms with Crippen LogP contribution in [0.5, 0.6) is 0 Å². The molecule has 1 heterocycles. The normalized spacial score (nSPS) is 16.3. The van der Waals surface area contributed by atoms with Crippen LogP contribution in [0.15, 0.2) is 42.5 Å². The number of piperidine rings is 1. The van der Waals surface area contributed by atoms with Crippen LogP contribution < -0.4 is 11.1 Å². The maximum Gasteiger partial charge on any atom is 0.0578 e. The van der Waals surface area contributed by atoms with Gasteiger partial charge in [0.25, 0.3) is 0 Å². The van der Waals surface area contributed by atoms with Crippen molar-refractivity contribution in [3.8, 4) is 0 Å². The smallest absolute Gasteiger partial charge is 0.0578 e. The maximum absolute atomic E-state index is 6.21. The lowest BCUT2D eigenvalue weighted by Crippen LogP contribution is -2.32. The number of nitrogen functional groups attached to an aromatic ring is 1. The van der Waals surface area contributed by atoms with Gasteiger partial charge in [0.05, 0.1) is 11.4 Å². The summed E-state index contributed by atoms with van der Waals surface area (Å²) in [4.78, 5) is 2.58. The molecule has 0 unspecified atom stereocenters. The van der Waals surface area contributed by atoms with Gasteiger partial charge in [-0.05, 0) is 81.4 Å². The molecule has 0 atom stereocenters. The molecular weight excluding hydrogens is 306 g/mol. The molecule has 2 aromatic rings. The summed E-state index contributed by atoms with van der Waals surface area (Å²) < 4.78 is 0. The largest absolute Gasteiger partial charge is 0.397 e. The van der Waals surface area contributed by atoms with Gasteiger partial charge in [0.15, 0.2) is 0 Å². The minimum atomic E-state index is 0.394. The zero-order valence-electron chi connectivity index (χ0n) is 15.8. The van der Waals surface area contributed by atoms with Gasteiger partial charge in [0.1, 0.15) is 0 Å². The van der Waals surface area contributed by atoms with E-state index >= 15 is 0 Å². The molecule has 0 spiro atoms. The van der Waals surface area contributed by atoms with Crippen LogP contribution in [0.25, 0.3) is 0 Å². The highest BCUT2D eigenvalue weighted by molar-refractivity contribution is 5.69. The standard InChI is InChI=1S/C22H31N3/c1-16(2)24-22-14-20(17(3)13-21(22)23)19-9-11-25(12-10-19)15-18-7-5-4-6-8-18/h4-8,13-14,16,19,24H,9-12,15,23H2,1-3H3. The number of hydrogen-bond acceptors (Lipinski definition) is 3.